The Labute approximate surface area is 123 Å². The molecule has 0 saturated carbocycles. The highest BCUT2D eigenvalue weighted by Crippen LogP contribution is 2.22. The summed E-state index contributed by atoms with van der Waals surface area (Å²) in [5, 5.41) is 4.81. The van der Waals surface area contributed by atoms with Gasteiger partial charge in [0.15, 0.2) is 5.65 Å². The number of amides is 1. The summed E-state index contributed by atoms with van der Waals surface area (Å²) in [4.78, 5) is 16.5. The van der Waals surface area contributed by atoms with Crippen molar-refractivity contribution in [2.24, 2.45) is 0 Å². The van der Waals surface area contributed by atoms with Crippen LogP contribution >= 0.6 is 0 Å². The van der Waals surface area contributed by atoms with E-state index in [1.807, 2.05) is 18.6 Å². The van der Waals surface area contributed by atoms with E-state index in [0.29, 0.717) is 16.7 Å². The van der Waals surface area contributed by atoms with E-state index in [4.69, 9.17) is 0 Å². The zero-order valence-electron chi connectivity index (χ0n) is 12.4. The van der Waals surface area contributed by atoms with Crippen LogP contribution in [0.5, 0.6) is 0 Å². The number of nitrogens with zero attached hydrogens (tertiary/aromatic N) is 3. The molecule has 0 radical (unpaired) electrons. The summed E-state index contributed by atoms with van der Waals surface area (Å²) in [5.74, 6) is -0.670. The van der Waals surface area contributed by atoms with Crippen LogP contribution in [-0.2, 0) is 10.0 Å². The Bertz CT molecular complexity index is 795. The van der Waals surface area contributed by atoms with Crippen molar-refractivity contribution in [1.29, 1.82) is 0 Å². The van der Waals surface area contributed by atoms with Crippen molar-refractivity contribution in [3.8, 4) is 0 Å². The number of pyridine rings is 1. The summed E-state index contributed by atoms with van der Waals surface area (Å²) < 4.78 is 26.2. The molecule has 1 atom stereocenters. The van der Waals surface area contributed by atoms with E-state index < -0.39 is 15.9 Å². The zero-order chi connectivity index (χ0) is 15.8. The number of carbonyl (C=O) groups is 1. The predicted octanol–water partition coefficient (Wildman–Crippen LogP) is 1.40. The summed E-state index contributed by atoms with van der Waals surface area (Å²) in [6, 6.07) is 1.70. The molecule has 2 aromatic rings. The third-order valence-electron chi connectivity index (χ3n) is 3.23. The van der Waals surface area contributed by atoms with Crippen molar-refractivity contribution in [2.75, 3.05) is 6.26 Å². The molecule has 8 heteroatoms. The van der Waals surface area contributed by atoms with Crippen LogP contribution in [-0.4, -0.2) is 35.3 Å². The molecular weight excluding hydrogens is 292 g/mol. The number of hydrogen-bond donors (Lipinski definition) is 1. The molecule has 0 spiro atoms. The first-order valence-electron chi connectivity index (χ1n) is 6.60. The van der Waals surface area contributed by atoms with Crippen LogP contribution in [0.1, 0.15) is 42.4 Å². The molecule has 0 aliphatic carbocycles. The van der Waals surface area contributed by atoms with Crippen LogP contribution < -0.4 is 4.72 Å². The van der Waals surface area contributed by atoms with Gasteiger partial charge >= 0.3 is 0 Å². The van der Waals surface area contributed by atoms with Gasteiger partial charge in [0.25, 0.3) is 5.91 Å². The number of nitrogens with one attached hydrogen (secondary N) is 1. The van der Waals surface area contributed by atoms with E-state index in [2.05, 4.69) is 10.1 Å². The van der Waals surface area contributed by atoms with Crippen LogP contribution in [0.25, 0.3) is 11.0 Å². The molecule has 7 nitrogen and oxygen atoms in total. The second-order valence-electron chi connectivity index (χ2n) is 5.10. The molecule has 1 amide bonds. The SMILES string of the molecule is CC[C@@H](C)n1ncc2c(C(=O)NS(C)(=O)=O)cc(C)nc21. The zero-order valence-corrected chi connectivity index (χ0v) is 13.2. The molecule has 0 aromatic carbocycles. The maximum absolute atomic E-state index is 12.1. The smallest absolute Gasteiger partial charge is 0.265 e. The van der Waals surface area contributed by atoms with Gasteiger partial charge in [-0.3, -0.25) is 4.79 Å². The van der Waals surface area contributed by atoms with Gasteiger partial charge in [-0.2, -0.15) is 5.10 Å². The molecule has 0 fully saturated rings. The van der Waals surface area contributed by atoms with Gasteiger partial charge < -0.3 is 0 Å². The minimum absolute atomic E-state index is 0.141. The molecule has 21 heavy (non-hydrogen) atoms. The molecule has 0 aliphatic rings. The highest BCUT2D eigenvalue weighted by atomic mass is 32.2. The lowest BCUT2D eigenvalue weighted by Gasteiger charge is -2.11. The van der Waals surface area contributed by atoms with E-state index in [0.717, 1.165) is 12.7 Å². The van der Waals surface area contributed by atoms with Gasteiger partial charge in [-0.15, -0.1) is 0 Å². The van der Waals surface area contributed by atoms with Crippen molar-refractivity contribution in [1.82, 2.24) is 19.5 Å². The van der Waals surface area contributed by atoms with Gasteiger partial charge in [-0.1, -0.05) is 6.92 Å². The van der Waals surface area contributed by atoms with Crippen LogP contribution in [0.4, 0.5) is 0 Å². The quantitative estimate of drug-likeness (QED) is 0.921. The van der Waals surface area contributed by atoms with Crippen LogP contribution in [0, 0.1) is 6.92 Å². The van der Waals surface area contributed by atoms with Crippen molar-refractivity contribution >= 4 is 27.0 Å². The summed E-state index contributed by atoms with van der Waals surface area (Å²) in [6.45, 7) is 5.79. The Kier molecular flexibility index (Phi) is 3.99. The molecule has 0 aliphatic heterocycles. The Hall–Kier alpha value is -1.96. The summed E-state index contributed by atoms with van der Waals surface area (Å²) in [5.41, 5.74) is 1.48. The van der Waals surface area contributed by atoms with Gasteiger partial charge in [-0.05, 0) is 26.3 Å². The van der Waals surface area contributed by atoms with Crippen molar-refractivity contribution in [2.45, 2.75) is 33.2 Å². The molecule has 0 unspecified atom stereocenters. The average molecular weight is 310 g/mol. The number of carbonyl (C=O) groups excluding carboxylic acids is 1. The van der Waals surface area contributed by atoms with E-state index in [9.17, 15) is 13.2 Å². The fourth-order valence-corrected chi connectivity index (χ4v) is 2.50. The maximum atomic E-state index is 12.1. The summed E-state index contributed by atoms with van der Waals surface area (Å²) in [6.07, 6.45) is 3.36. The first-order valence-corrected chi connectivity index (χ1v) is 8.49. The standard InChI is InChI=1S/C13H18N4O3S/c1-5-9(3)17-12-11(7-14-17)10(6-8(2)15-12)13(18)16-21(4,19)20/h6-7,9H,5H2,1-4H3,(H,16,18)/t9-/m1/s1. The first-order chi connectivity index (χ1) is 9.73. The Morgan fingerprint density at radius 3 is 2.71 bits per heavy atom. The lowest BCUT2D eigenvalue weighted by Crippen LogP contribution is -2.29. The van der Waals surface area contributed by atoms with Crippen molar-refractivity contribution in [3.05, 3.63) is 23.5 Å². The highest BCUT2D eigenvalue weighted by molar-refractivity contribution is 7.89. The molecule has 1 N–H and O–H groups in total. The van der Waals surface area contributed by atoms with Gasteiger partial charge in [-0.25, -0.2) is 22.8 Å². The highest BCUT2D eigenvalue weighted by Gasteiger charge is 2.19. The molecule has 2 aromatic heterocycles. The fourth-order valence-electron chi connectivity index (χ4n) is 2.05. The normalized spacial score (nSPS) is 13.3. The maximum Gasteiger partial charge on any atom is 0.265 e. The average Bonchev–Trinajstić information content (AvgIpc) is 2.78. The molecular formula is C13H18N4O3S. The molecule has 2 rings (SSSR count). The third kappa shape index (κ3) is 3.21. The number of hydrogen-bond acceptors (Lipinski definition) is 5. The van der Waals surface area contributed by atoms with E-state index in [1.54, 1.807) is 23.9 Å². The van der Waals surface area contributed by atoms with Crippen molar-refractivity contribution < 1.29 is 13.2 Å². The van der Waals surface area contributed by atoms with Crippen LogP contribution in [0.15, 0.2) is 12.3 Å². The Balaban J connectivity index is 2.60. The number of sulfonamides is 1. The summed E-state index contributed by atoms with van der Waals surface area (Å²) >= 11 is 0. The Morgan fingerprint density at radius 1 is 1.48 bits per heavy atom. The second-order valence-corrected chi connectivity index (χ2v) is 6.85. The van der Waals surface area contributed by atoms with E-state index in [-0.39, 0.29) is 11.6 Å². The van der Waals surface area contributed by atoms with Crippen LogP contribution in [0.3, 0.4) is 0 Å². The summed E-state index contributed by atoms with van der Waals surface area (Å²) in [7, 11) is -3.61. The van der Waals surface area contributed by atoms with E-state index >= 15 is 0 Å². The topological polar surface area (TPSA) is 94.0 Å². The largest absolute Gasteiger partial charge is 0.268 e. The Morgan fingerprint density at radius 2 is 2.14 bits per heavy atom. The number of aromatic nitrogens is 3. The second kappa shape index (κ2) is 5.44. The fraction of sp³-hybridized carbons (Fsp3) is 0.462. The third-order valence-corrected chi connectivity index (χ3v) is 3.78. The molecule has 2 heterocycles. The lowest BCUT2D eigenvalue weighted by molar-refractivity contribution is 0.0983. The number of fused-ring (bicyclic) bond motifs is 1. The number of aryl methyl sites for hydroxylation is 1. The predicted molar refractivity (Wildman–Crippen MR) is 79.6 cm³/mol. The monoisotopic (exact) mass is 310 g/mol. The van der Waals surface area contributed by atoms with Gasteiger partial charge in [0.1, 0.15) is 0 Å². The molecule has 0 bridgehead atoms. The van der Waals surface area contributed by atoms with Crippen LogP contribution in [0.2, 0.25) is 0 Å². The van der Waals surface area contributed by atoms with Crippen molar-refractivity contribution in [3.63, 3.8) is 0 Å². The van der Waals surface area contributed by atoms with Gasteiger partial charge in [0.05, 0.1) is 29.4 Å². The molecule has 0 saturated heterocycles. The lowest BCUT2D eigenvalue weighted by atomic mass is 10.1. The number of rotatable bonds is 4. The van der Waals surface area contributed by atoms with E-state index in [1.165, 1.54) is 0 Å². The first kappa shape index (κ1) is 15.4. The minimum atomic E-state index is -3.61. The van der Waals surface area contributed by atoms with Gasteiger partial charge in [0.2, 0.25) is 10.0 Å². The minimum Gasteiger partial charge on any atom is -0.268 e. The molecule has 114 valence electrons. The van der Waals surface area contributed by atoms with Gasteiger partial charge in [0, 0.05) is 5.69 Å².